The Morgan fingerprint density at radius 2 is 1.69 bits per heavy atom. The minimum absolute atomic E-state index is 0.0515. The normalized spacial score (nSPS) is 15.9. The second-order valence-electron chi connectivity index (χ2n) is 7.86. The summed E-state index contributed by atoms with van der Waals surface area (Å²) in [6.07, 6.45) is 4.48. The van der Waals surface area contributed by atoms with Crippen molar-refractivity contribution in [2.24, 2.45) is 0 Å². The highest BCUT2D eigenvalue weighted by Gasteiger charge is 2.25. The number of nitrogens with zero attached hydrogens (tertiary/aromatic N) is 3. The van der Waals surface area contributed by atoms with Crippen molar-refractivity contribution in [2.75, 3.05) is 13.1 Å². The van der Waals surface area contributed by atoms with Gasteiger partial charge >= 0.3 is 5.97 Å². The Hall–Kier alpha value is -2.63. The van der Waals surface area contributed by atoms with Crippen molar-refractivity contribution in [2.45, 2.75) is 45.1 Å². The monoisotopic (exact) mass is 355 g/mol. The van der Waals surface area contributed by atoms with Crippen LogP contribution in [0, 0.1) is 0 Å². The molecule has 0 unspecified atom stereocenters. The number of rotatable bonds is 3. The molecule has 6 nitrogen and oxygen atoms in total. The van der Waals surface area contributed by atoms with Gasteiger partial charge in [0.05, 0.1) is 17.8 Å². The van der Waals surface area contributed by atoms with E-state index in [9.17, 15) is 9.59 Å². The Morgan fingerprint density at radius 3 is 2.19 bits per heavy atom. The lowest BCUT2D eigenvalue weighted by atomic mass is 9.86. The van der Waals surface area contributed by atoms with Gasteiger partial charge in [0, 0.05) is 24.8 Å². The molecule has 1 fully saturated rings. The van der Waals surface area contributed by atoms with Crippen LogP contribution in [0.4, 0.5) is 0 Å². The van der Waals surface area contributed by atoms with Crippen LogP contribution in [0.2, 0.25) is 0 Å². The number of carbonyl (C=O) groups excluding carboxylic acids is 1. The van der Waals surface area contributed by atoms with Crippen molar-refractivity contribution in [3.63, 3.8) is 0 Å². The summed E-state index contributed by atoms with van der Waals surface area (Å²) in [6, 6.07) is 7.99. The van der Waals surface area contributed by atoms with Gasteiger partial charge in [0.15, 0.2) is 0 Å². The van der Waals surface area contributed by atoms with Crippen LogP contribution in [-0.2, 0) is 5.41 Å². The van der Waals surface area contributed by atoms with E-state index in [4.69, 9.17) is 5.11 Å². The van der Waals surface area contributed by atoms with Gasteiger partial charge in [-0.1, -0.05) is 32.9 Å². The molecule has 2 heterocycles. The summed E-state index contributed by atoms with van der Waals surface area (Å²) >= 11 is 0. The fourth-order valence-electron chi connectivity index (χ4n) is 3.28. The van der Waals surface area contributed by atoms with Gasteiger partial charge in [-0.15, -0.1) is 0 Å². The minimum atomic E-state index is -0.970. The molecule has 1 aromatic carbocycles. The van der Waals surface area contributed by atoms with Crippen LogP contribution in [0.1, 0.15) is 65.9 Å². The molecule has 6 heteroatoms. The van der Waals surface area contributed by atoms with Crippen LogP contribution < -0.4 is 0 Å². The largest absolute Gasteiger partial charge is 0.478 e. The molecule has 1 aliphatic rings. The molecule has 0 atom stereocenters. The highest BCUT2D eigenvalue weighted by Crippen LogP contribution is 2.25. The van der Waals surface area contributed by atoms with Crippen LogP contribution in [0.25, 0.3) is 0 Å². The zero-order valence-corrected chi connectivity index (χ0v) is 15.5. The van der Waals surface area contributed by atoms with E-state index in [1.54, 1.807) is 10.9 Å². The SMILES string of the molecule is CC(C)(C)c1ccc(C(=O)N2CCC(n3cc(C(=O)O)cn3)CC2)cc1. The second kappa shape index (κ2) is 6.94. The number of hydrogen-bond donors (Lipinski definition) is 1. The van der Waals surface area contributed by atoms with E-state index >= 15 is 0 Å². The highest BCUT2D eigenvalue weighted by atomic mass is 16.4. The first-order valence-electron chi connectivity index (χ1n) is 8.93. The number of carboxylic acid groups (broad SMARTS) is 1. The molecule has 2 aromatic rings. The van der Waals surface area contributed by atoms with Gasteiger partial charge in [-0.2, -0.15) is 5.10 Å². The van der Waals surface area contributed by atoms with Gasteiger partial charge in [0.2, 0.25) is 0 Å². The van der Waals surface area contributed by atoms with Crippen molar-refractivity contribution < 1.29 is 14.7 Å². The molecule has 0 radical (unpaired) electrons. The van der Waals surface area contributed by atoms with Gasteiger partial charge in [-0.25, -0.2) is 4.79 Å². The third kappa shape index (κ3) is 3.79. The summed E-state index contributed by atoms with van der Waals surface area (Å²) in [4.78, 5) is 25.6. The lowest BCUT2D eigenvalue weighted by molar-refractivity contribution is 0.0688. The summed E-state index contributed by atoms with van der Waals surface area (Å²) in [5.74, 6) is -0.918. The van der Waals surface area contributed by atoms with E-state index in [1.807, 2.05) is 29.2 Å². The first-order valence-corrected chi connectivity index (χ1v) is 8.93. The maximum absolute atomic E-state index is 12.7. The quantitative estimate of drug-likeness (QED) is 0.916. The van der Waals surface area contributed by atoms with Crippen molar-refractivity contribution in [1.82, 2.24) is 14.7 Å². The molecule has 0 spiro atoms. The lowest BCUT2D eigenvalue weighted by Crippen LogP contribution is -2.39. The number of hydrogen-bond acceptors (Lipinski definition) is 3. The van der Waals surface area contributed by atoms with Gasteiger partial charge < -0.3 is 10.0 Å². The Morgan fingerprint density at radius 1 is 1.08 bits per heavy atom. The zero-order chi connectivity index (χ0) is 18.9. The van der Waals surface area contributed by atoms with E-state index in [2.05, 4.69) is 25.9 Å². The van der Waals surface area contributed by atoms with Crippen LogP contribution in [0.5, 0.6) is 0 Å². The van der Waals surface area contributed by atoms with Crippen LogP contribution in [-0.4, -0.2) is 44.8 Å². The third-order valence-electron chi connectivity index (χ3n) is 4.97. The Balaban J connectivity index is 1.62. The number of carbonyl (C=O) groups is 2. The van der Waals surface area contributed by atoms with E-state index in [-0.39, 0.29) is 22.9 Å². The topological polar surface area (TPSA) is 75.4 Å². The Labute approximate surface area is 153 Å². The Bertz CT molecular complexity index is 794. The molecule has 1 aromatic heterocycles. The van der Waals surface area contributed by atoms with Crippen LogP contribution in [0.3, 0.4) is 0 Å². The predicted octanol–water partition coefficient (Wildman–Crippen LogP) is 3.36. The number of piperidine rings is 1. The molecule has 1 saturated heterocycles. The molecule has 138 valence electrons. The average molecular weight is 355 g/mol. The predicted molar refractivity (Wildman–Crippen MR) is 98.5 cm³/mol. The third-order valence-corrected chi connectivity index (χ3v) is 4.97. The van der Waals surface area contributed by atoms with Gasteiger partial charge in [-0.3, -0.25) is 9.48 Å². The molecule has 1 aliphatic heterocycles. The van der Waals surface area contributed by atoms with Crippen LogP contribution in [0.15, 0.2) is 36.7 Å². The van der Waals surface area contributed by atoms with Crippen molar-refractivity contribution in [3.8, 4) is 0 Å². The summed E-state index contributed by atoms with van der Waals surface area (Å²) in [5.41, 5.74) is 2.19. The van der Waals surface area contributed by atoms with E-state index in [1.165, 1.54) is 11.8 Å². The zero-order valence-electron chi connectivity index (χ0n) is 15.5. The molecular weight excluding hydrogens is 330 g/mol. The molecule has 1 N–H and O–H groups in total. The number of aromatic nitrogens is 2. The molecular formula is C20H25N3O3. The van der Waals surface area contributed by atoms with Crippen molar-refractivity contribution >= 4 is 11.9 Å². The maximum atomic E-state index is 12.7. The Kier molecular flexibility index (Phi) is 4.85. The minimum Gasteiger partial charge on any atom is -0.478 e. The summed E-state index contributed by atoms with van der Waals surface area (Å²) in [7, 11) is 0. The highest BCUT2D eigenvalue weighted by molar-refractivity contribution is 5.94. The second-order valence-corrected chi connectivity index (χ2v) is 7.86. The van der Waals surface area contributed by atoms with E-state index < -0.39 is 5.97 Å². The molecule has 0 bridgehead atoms. The fraction of sp³-hybridized carbons (Fsp3) is 0.450. The summed E-state index contributed by atoms with van der Waals surface area (Å²) < 4.78 is 1.71. The molecule has 0 aliphatic carbocycles. The summed E-state index contributed by atoms with van der Waals surface area (Å²) in [5, 5.41) is 13.2. The van der Waals surface area contributed by atoms with Crippen molar-refractivity contribution in [3.05, 3.63) is 53.3 Å². The molecule has 1 amide bonds. The van der Waals surface area contributed by atoms with Gasteiger partial charge in [-0.05, 0) is 36.0 Å². The lowest BCUT2D eigenvalue weighted by Gasteiger charge is -2.32. The first-order chi connectivity index (χ1) is 12.3. The van der Waals surface area contributed by atoms with E-state index in [0.29, 0.717) is 18.7 Å². The number of aromatic carboxylic acids is 1. The molecule has 3 rings (SSSR count). The maximum Gasteiger partial charge on any atom is 0.338 e. The van der Waals surface area contributed by atoms with Crippen LogP contribution >= 0.6 is 0 Å². The number of benzene rings is 1. The standard InChI is InChI=1S/C20H25N3O3/c1-20(2,3)16-6-4-14(5-7-16)18(24)22-10-8-17(9-11-22)23-13-15(12-21-23)19(25)26/h4-7,12-13,17H,8-11H2,1-3H3,(H,25,26). The fourth-order valence-corrected chi connectivity index (χ4v) is 3.28. The smallest absolute Gasteiger partial charge is 0.338 e. The first kappa shape index (κ1) is 18.2. The number of carboxylic acids is 1. The van der Waals surface area contributed by atoms with Gasteiger partial charge in [0.1, 0.15) is 0 Å². The molecule has 0 saturated carbocycles. The van der Waals surface area contributed by atoms with Crippen molar-refractivity contribution in [1.29, 1.82) is 0 Å². The van der Waals surface area contributed by atoms with E-state index in [0.717, 1.165) is 12.8 Å². The number of amides is 1. The van der Waals surface area contributed by atoms with Gasteiger partial charge in [0.25, 0.3) is 5.91 Å². The number of likely N-dealkylation sites (tertiary alicyclic amines) is 1. The molecule has 26 heavy (non-hydrogen) atoms. The average Bonchev–Trinajstić information content (AvgIpc) is 3.11. The summed E-state index contributed by atoms with van der Waals surface area (Å²) in [6.45, 7) is 7.75.